The Morgan fingerprint density at radius 3 is 2.84 bits per heavy atom. The Morgan fingerprint density at radius 2 is 2.03 bits per heavy atom. The van der Waals surface area contributed by atoms with Crippen molar-refractivity contribution in [3.05, 3.63) is 64.1 Å². The SMILES string of the molecule is N#Cc1cccc(-c2nc(NC(=O)c3ccc4c(c3)[nH]c(=O)n4C3CCCC3)n[nH]2)c1. The second-order valence-corrected chi connectivity index (χ2v) is 7.62. The minimum atomic E-state index is -0.382. The number of anilines is 1. The van der Waals surface area contributed by atoms with Gasteiger partial charge in [-0.3, -0.25) is 19.8 Å². The molecule has 1 fully saturated rings. The van der Waals surface area contributed by atoms with E-state index in [0.717, 1.165) is 31.2 Å². The molecule has 0 spiro atoms. The van der Waals surface area contributed by atoms with E-state index in [-0.39, 0.29) is 23.6 Å². The summed E-state index contributed by atoms with van der Waals surface area (Å²) in [6, 6.07) is 14.4. The van der Waals surface area contributed by atoms with Gasteiger partial charge in [-0.2, -0.15) is 10.2 Å². The van der Waals surface area contributed by atoms with Crippen LogP contribution in [0.3, 0.4) is 0 Å². The zero-order valence-corrected chi connectivity index (χ0v) is 16.6. The average molecular weight is 413 g/mol. The summed E-state index contributed by atoms with van der Waals surface area (Å²) in [7, 11) is 0. The van der Waals surface area contributed by atoms with Crippen molar-refractivity contribution in [1.29, 1.82) is 5.26 Å². The lowest BCUT2D eigenvalue weighted by molar-refractivity contribution is 0.102. The van der Waals surface area contributed by atoms with Crippen molar-refractivity contribution >= 4 is 22.9 Å². The number of carbonyl (C=O) groups excluding carboxylic acids is 1. The van der Waals surface area contributed by atoms with Gasteiger partial charge in [-0.05, 0) is 43.2 Å². The van der Waals surface area contributed by atoms with E-state index in [2.05, 4.69) is 31.6 Å². The molecule has 0 radical (unpaired) electrons. The van der Waals surface area contributed by atoms with Gasteiger partial charge in [0.1, 0.15) is 0 Å². The highest BCUT2D eigenvalue weighted by atomic mass is 16.2. The number of imidazole rings is 1. The molecule has 1 saturated carbocycles. The van der Waals surface area contributed by atoms with Crippen molar-refractivity contribution in [2.75, 3.05) is 5.32 Å². The van der Waals surface area contributed by atoms with Crippen molar-refractivity contribution in [3.8, 4) is 17.5 Å². The van der Waals surface area contributed by atoms with Crippen molar-refractivity contribution in [2.24, 2.45) is 0 Å². The number of nitrogens with zero attached hydrogens (tertiary/aromatic N) is 4. The van der Waals surface area contributed by atoms with Gasteiger partial charge >= 0.3 is 5.69 Å². The Morgan fingerprint density at radius 1 is 1.19 bits per heavy atom. The Bertz CT molecular complexity index is 1380. The third kappa shape index (κ3) is 3.48. The number of aromatic amines is 2. The predicted octanol–water partition coefficient (Wildman–Crippen LogP) is 3.35. The van der Waals surface area contributed by atoms with Crippen LogP contribution >= 0.6 is 0 Å². The number of hydrogen-bond donors (Lipinski definition) is 3. The fraction of sp³-hybridized carbons (Fsp3) is 0.227. The molecule has 9 nitrogen and oxygen atoms in total. The topological polar surface area (TPSA) is 132 Å². The van der Waals surface area contributed by atoms with Crippen LogP contribution in [0, 0.1) is 11.3 Å². The summed E-state index contributed by atoms with van der Waals surface area (Å²) in [5.41, 5.74) is 2.90. The molecular formula is C22H19N7O2. The first-order valence-electron chi connectivity index (χ1n) is 10.1. The van der Waals surface area contributed by atoms with Gasteiger partial charge in [0.15, 0.2) is 5.82 Å². The number of fused-ring (bicyclic) bond motifs is 1. The highest BCUT2D eigenvalue weighted by Crippen LogP contribution is 2.30. The van der Waals surface area contributed by atoms with Gasteiger partial charge in [0.2, 0.25) is 5.95 Å². The molecule has 1 aliphatic rings. The van der Waals surface area contributed by atoms with Gasteiger partial charge in [0.05, 0.1) is 22.7 Å². The van der Waals surface area contributed by atoms with Gasteiger partial charge in [-0.1, -0.05) is 25.0 Å². The molecule has 0 bridgehead atoms. The molecule has 1 amide bonds. The van der Waals surface area contributed by atoms with E-state index in [0.29, 0.717) is 28.0 Å². The van der Waals surface area contributed by atoms with Crippen LogP contribution in [0.25, 0.3) is 22.4 Å². The molecule has 2 heterocycles. The molecule has 2 aromatic heterocycles. The van der Waals surface area contributed by atoms with Crippen molar-refractivity contribution in [2.45, 2.75) is 31.7 Å². The number of carbonyl (C=O) groups is 1. The molecule has 1 aliphatic carbocycles. The summed E-state index contributed by atoms with van der Waals surface area (Å²) in [5.74, 6) is 0.188. The Hall–Kier alpha value is -4.19. The Kier molecular flexibility index (Phi) is 4.59. The number of benzene rings is 2. The second kappa shape index (κ2) is 7.57. The first-order chi connectivity index (χ1) is 15.1. The van der Waals surface area contributed by atoms with Crippen LogP contribution in [0.2, 0.25) is 0 Å². The second-order valence-electron chi connectivity index (χ2n) is 7.62. The highest BCUT2D eigenvalue weighted by Gasteiger charge is 2.21. The third-order valence-electron chi connectivity index (χ3n) is 5.64. The molecule has 9 heteroatoms. The first kappa shape index (κ1) is 18.8. The standard InChI is InChI=1S/C22H19N7O2/c23-12-13-4-3-5-14(10-13)19-25-21(28-27-19)26-20(30)15-8-9-18-17(11-15)24-22(31)29(18)16-6-1-2-7-16/h3-5,8-11,16H,1-2,6-7H2,(H,24,31)(H2,25,26,27,28,30). The van der Waals surface area contributed by atoms with Crippen molar-refractivity contribution < 1.29 is 4.79 Å². The molecule has 0 aliphatic heterocycles. The van der Waals surface area contributed by atoms with Crippen LogP contribution in [0.15, 0.2) is 47.3 Å². The quantitative estimate of drug-likeness (QED) is 0.472. The maximum atomic E-state index is 12.7. The van der Waals surface area contributed by atoms with Crippen LogP contribution in [0.1, 0.15) is 47.6 Å². The van der Waals surface area contributed by atoms with Crippen molar-refractivity contribution in [3.63, 3.8) is 0 Å². The molecule has 3 N–H and O–H groups in total. The maximum Gasteiger partial charge on any atom is 0.326 e. The first-order valence-corrected chi connectivity index (χ1v) is 10.1. The van der Waals surface area contributed by atoms with E-state index in [1.807, 2.05) is 0 Å². The molecule has 31 heavy (non-hydrogen) atoms. The minimum Gasteiger partial charge on any atom is -0.306 e. The Labute approximate surface area is 176 Å². The van der Waals surface area contributed by atoms with E-state index in [9.17, 15) is 9.59 Å². The van der Waals surface area contributed by atoms with E-state index < -0.39 is 0 Å². The molecule has 4 aromatic rings. The molecule has 0 unspecified atom stereocenters. The maximum absolute atomic E-state index is 12.7. The summed E-state index contributed by atoms with van der Waals surface area (Å²) in [6.07, 6.45) is 4.26. The van der Waals surface area contributed by atoms with Gasteiger partial charge in [-0.25, -0.2) is 4.79 Å². The van der Waals surface area contributed by atoms with E-state index in [1.54, 1.807) is 47.0 Å². The number of nitrogens with one attached hydrogen (secondary N) is 3. The van der Waals surface area contributed by atoms with Crippen LogP contribution in [-0.4, -0.2) is 30.6 Å². The number of hydrogen-bond acceptors (Lipinski definition) is 5. The third-order valence-corrected chi connectivity index (χ3v) is 5.64. The van der Waals surface area contributed by atoms with Crippen LogP contribution in [0.5, 0.6) is 0 Å². The summed E-state index contributed by atoms with van der Waals surface area (Å²) in [6.45, 7) is 0. The lowest BCUT2D eigenvalue weighted by atomic mass is 10.1. The summed E-state index contributed by atoms with van der Waals surface area (Å²) < 4.78 is 1.81. The van der Waals surface area contributed by atoms with E-state index in [1.165, 1.54) is 0 Å². The average Bonchev–Trinajstić information content (AvgIpc) is 3.52. The van der Waals surface area contributed by atoms with Gasteiger partial charge < -0.3 is 4.98 Å². The highest BCUT2D eigenvalue weighted by molar-refractivity contribution is 6.05. The largest absolute Gasteiger partial charge is 0.326 e. The number of aromatic nitrogens is 5. The molecule has 0 atom stereocenters. The number of amides is 1. The number of H-pyrrole nitrogens is 2. The molecule has 2 aromatic carbocycles. The summed E-state index contributed by atoms with van der Waals surface area (Å²) >= 11 is 0. The zero-order chi connectivity index (χ0) is 21.4. The monoisotopic (exact) mass is 413 g/mol. The minimum absolute atomic E-state index is 0.125. The molecule has 5 rings (SSSR count). The smallest absolute Gasteiger partial charge is 0.306 e. The van der Waals surface area contributed by atoms with Crippen LogP contribution in [-0.2, 0) is 0 Å². The zero-order valence-electron chi connectivity index (χ0n) is 16.6. The lowest BCUT2D eigenvalue weighted by Crippen LogP contribution is -2.20. The van der Waals surface area contributed by atoms with Crippen molar-refractivity contribution in [1.82, 2.24) is 24.7 Å². The number of rotatable bonds is 4. The summed E-state index contributed by atoms with van der Waals surface area (Å²) in [4.78, 5) is 32.3. The number of nitriles is 1. The Balaban J connectivity index is 1.38. The predicted molar refractivity (Wildman–Crippen MR) is 115 cm³/mol. The van der Waals surface area contributed by atoms with Crippen LogP contribution < -0.4 is 11.0 Å². The fourth-order valence-electron chi connectivity index (χ4n) is 4.15. The van der Waals surface area contributed by atoms with Gasteiger partial charge in [0, 0.05) is 17.2 Å². The van der Waals surface area contributed by atoms with E-state index >= 15 is 0 Å². The molecule has 0 saturated heterocycles. The van der Waals surface area contributed by atoms with Gasteiger partial charge in [0.25, 0.3) is 5.91 Å². The summed E-state index contributed by atoms with van der Waals surface area (Å²) in [5, 5.41) is 18.5. The molecular weight excluding hydrogens is 394 g/mol. The fourth-order valence-corrected chi connectivity index (χ4v) is 4.15. The van der Waals surface area contributed by atoms with E-state index in [4.69, 9.17) is 5.26 Å². The normalized spacial score (nSPS) is 14.0. The van der Waals surface area contributed by atoms with Crippen LogP contribution in [0.4, 0.5) is 5.95 Å². The lowest BCUT2D eigenvalue weighted by Gasteiger charge is -2.11. The van der Waals surface area contributed by atoms with Gasteiger partial charge in [-0.15, -0.1) is 5.10 Å². The molecule has 154 valence electrons.